The minimum absolute atomic E-state index is 0.184. The third-order valence-electron chi connectivity index (χ3n) is 1.86. The Labute approximate surface area is 97.0 Å². The highest BCUT2D eigenvalue weighted by Crippen LogP contribution is 2.37. The molecule has 0 aliphatic carbocycles. The van der Waals surface area contributed by atoms with Gasteiger partial charge in [-0.15, -0.1) is 0 Å². The summed E-state index contributed by atoms with van der Waals surface area (Å²) < 4.78 is 54.8. The normalized spacial score (nSPS) is 13.7. The van der Waals surface area contributed by atoms with E-state index in [0.717, 1.165) is 13.2 Å². The molecule has 1 atom stereocenters. The maximum atomic E-state index is 13.4. The lowest BCUT2D eigenvalue weighted by Crippen LogP contribution is -2.21. The highest BCUT2D eigenvalue weighted by Gasteiger charge is 2.41. The molecule has 0 saturated carbocycles. The predicted octanol–water partition coefficient (Wildman–Crippen LogP) is 3.19. The van der Waals surface area contributed by atoms with E-state index in [4.69, 9.17) is 5.11 Å². The fourth-order valence-corrected chi connectivity index (χ4v) is 1.56. The Kier molecular flexibility index (Phi) is 3.80. The Morgan fingerprint density at radius 3 is 2.38 bits per heavy atom. The van der Waals surface area contributed by atoms with Crippen LogP contribution in [0.4, 0.5) is 17.6 Å². The number of hydrogen-bond donors (Lipinski definition) is 1. The highest BCUT2D eigenvalue weighted by atomic mass is 79.9. The van der Waals surface area contributed by atoms with Gasteiger partial charge in [0.2, 0.25) is 0 Å². The van der Waals surface area contributed by atoms with Crippen molar-refractivity contribution in [3.8, 4) is 5.75 Å². The van der Waals surface area contributed by atoms with Gasteiger partial charge >= 0.3 is 6.18 Å². The Bertz CT molecular complexity index is 392. The number of ether oxygens (including phenoxy) is 1. The van der Waals surface area contributed by atoms with E-state index >= 15 is 0 Å². The van der Waals surface area contributed by atoms with E-state index in [0.29, 0.717) is 0 Å². The van der Waals surface area contributed by atoms with Gasteiger partial charge in [0.25, 0.3) is 0 Å². The Morgan fingerprint density at radius 2 is 1.94 bits per heavy atom. The fourth-order valence-electron chi connectivity index (χ4n) is 1.11. The summed E-state index contributed by atoms with van der Waals surface area (Å²) in [5, 5.41) is 8.94. The molecule has 1 aromatic carbocycles. The van der Waals surface area contributed by atoms with Gasteiger partial charge in [0.1, 0.15) is 0 Å². The molecule has 0 bridgehead atoms. The van der Waals surface area contributed by atoms with Gasteiger partial charge in [-0.2, -0.15) is 13.2 Å². The first-order chi connectivity index (χ1) is 7.27. The van der Waals surface area contributed by atoms with Crippen LogP contribution < -0.4 is 4.74 Å². The number of alkyl halides is 3. The molecule has 0 radical (unpaired) electrons. The fraction of sp³-hybridized carbons (Fsp3) is 0.333. The molecule has 1 N–H and O–H groups in total. The van der Waals surface area contributed by atoms with E-state index in [9.17, 15) is 17.6 Å². The molecular formula is C9H7BrF4O2. The minimum Gasteiger partial charge on any atom is -0.494 e. The van der Waals surface area contributed by atoms with Crippen LogP contribution in [0.1, 0.15) is 11.7 Å². The van der Waals surface area contributed by atoms with Crippen molar-refractivity contribution in [3.05, 3.63) is 28.0 Å². The lowest BCUT2D eigenvalue weighted by atomic mass is 10.1. The van der Waals surface area contributed by atoms with E-state index in [1.165, 1.54) is 6.07 Å². The zero-order valence-electron chi connectivity index (χ0n) is 7.98. The number of rotatable bonds is 2. The van der Waals surface area contributed by atoms with Crippen LogP contribution in [0.15, 0.2) is 16.6 Å². The minimum atomic E-state index is -4.92. The zero-order chi connectivity index (χ0) is 12.5. The second-order valence-corrected chi connectivity index (χ2v) is 3.87. The van der Waals surface area contributed by atoms with Crippen molar-refractivity contribution in [3.63, 3.8) is 0 Å². The maximum Gasteiger partial charge on any atom is 0.418 e. The topological polar surface area (TPSA) is 29.5 Å². The van der Waals surface area contributed by atoms with Crippen molar-refractivity contribution in [2.24, 2.45) is 0 Å². The summed E-state index contributed by atoms with van der Waals surface area (Å²) in [6.07, 6.45) is -7.80. The number of aliphatic hydroxyl groups excluding tert-OH is 1. The van der Waals surface area contributed by atoms with Crippen LogP contribution in [0, 0.1) is 5.82 Å². The van der Waals surface area contributed by atoms with Crippen LogP contribution in [-0.2, 0) is 0 Å². The average molecular weight is 303 g/mol. The lowest BCUT2D eigenvalue weighted by molar-refractivity contribution is -0.207. The van der Waals surface area contributed by atoms with E-state index in [1.807, 2.05) is 0 Å². The molecule has 7 heteroatoms. The van der Waals surface area contributed by atoms with Crippen molar-refractivity contribution in [2.75, 3.05) is 7.11 Å². The van der Waals surface area contributed by atoms with Gasteiger partial charge in [-0.25, -0.2) is 4.39 Å². The van der Waals surface area contributed by atoms with Gasteiger partial charge in [0, 0.05) is 10.0 Å². The summed E-state index contributed by atoms with van der Waals surface area (Å²) in [7, 11) is 1.12. The smallest absolute Gasteiger partial charge is 0.418 e. The maximum absolute atomic E-state index is 13.4. The number of methoxy groups -OCH3 is 1. The molecule has 0 heterocycles. The second-order valence-electron chi connectivity index (χ2n) is 2.96. The van der Waals surface area contributed by atoms with Crippen molar-refractivity contribution in [1.29, 1.82) is 0 Å². The van der Waals surface area contributed by atoms with Gasteiger partial charge in [0.15, 0.2) is 17.7 Å². The van der Waals surface area contributed by atoms with Crippen LogP contribution in [0.25, 0.3) is 0 Å². The summed E-state index contributed by atoms with van der Waals surface area (Å²) in [5.41, 5.74) is -0.876. The Morgan fingerprint density at radius 1 is 1.38 bits per heavy atom. The van der Waals surface area contributed by atoms with Crippen molar-refractivity contribution in [1.82, 2.24) is 0 Å². The molecule has 2 nitrogen and oxygen atoms in total. The quantitative estimate of drug-likeness (QED) is 0.850. The molecule has 1 unspecified atom stereocenters. The number of aliphatic hydroxyl groups is 1. The zero-order valence-corrected chi connectivity index (χ0v) is 9.56. The van der Waals surface area contributed by atoms with Gasteiger partial charge in [-0.05, 0) is 12.1 Å². The van der Waals surface area contributed by atoms with E-state index in [2.05, 4.69) is 20.7 Å². The monoisotopic (exact) mass is 302 g/mol. The lowest BCUT2D eigenvalue weighted by Gasteiger charge is -2.17. The van der Waals surface area contributed by atoms with Crippen LogP contribution in [0.2, 0.25) is 0 Å². The molecule has 0 saturated heterocycles. The van der Waals surface area contributed by atoms with Crippen molar-refractivity contribution < 1.29 is 27.4 Å². The van der Waals surface area contributed by atoms with Gasteiger partial charge in [-0.1, -0.05) is 15.9 Å². The molecule has 0 spiro atoms. The van der Waals surface area contributed by atoms with Gasteiger partial charge in [0.05, 0.1) is 7.11 Å². The molecule has 0 aliphatic heterocycles. The summed E-state index contributed by atoms with van der Waals surface area (Å²) in [5.74, 6) is -1.59. The molecule has 16 heavy (non-hydrogen) atoms. The molecule has 0 fully saturated rings. The molecular weight excluding hydrogens is 296 g/mol. The largest absolute Gasteiger partial charge is 0.494 e. The summed E-state index contributed by atoms with van der Waals surface area (Å²) in [6, 6.07) is 2.03. The number of halogens is 5. The van der Waals surface area contributed by atoms with E-state index in [-0.39, 0.29) is 10.2 Å². The van der Waals surface area contributed by atoms with Crippen molar-refractivity contribution >= 4 is 15.9 Å². The van der Waals surface area contributed by atoms with E-state index < -0.39 is 23.7 Å². The third-order valence-corrected chi connectivity index (χ3v) is 2.31. The number of benzene rings is 1. The van der Waals surface area contributed by atoms with E-state index in [1.54, 1.807) is 0 Å². The average Bonchev–Trinajstić information content (AvgIpc) is 2.18. The number of hydrogen-bond acceptors (Lipinski definition) is 2. The Hall–Kier alpha value is -0.820. The van der Waals surface area contributed by atoms with Gasteiger partial charge < -0.3 is 9.84 Å². The summed E-state index contributed by atoms with van der Waals surface area (Å²) >= 11 is 2.90. The highest BCUT2D eigenvalue weighted by molar-refractivity contribution is 9.10. The van der Waals surface area contributed by atoms with Crippen LogP contribution in [0.5, 0.6) is 5.75 Å². The van der Waals surface area contributed by atoms with Crippen LogP contribution in [0.3, 0.4) is 0 Å². The first kappa shape index (κ1) is 13.2. The molecule has 1 rings (SSSR count). The Balaban J connectivity index is 3.28. The SMILES string of the molecule is COc1cc(Br)cc(C(O)C(F)(F)F)c1F. The van der Waals surface area contributed by atoms with Gasteiger partial charge in [-0.3, -0.25) is 0 Å². The standard InChI is InChI=1S/C9H7BrF4O2/c1-16-6-3-4(10)2-5(7(6)11)8(15)9(12,13)14/h2-3,8,15H,1H3. The third kappa shape index (κ3) is 2.65. The first-order valence-electron chi connectivity index (χ1n) is 4.05. The predicted molar refractivity (Wildman–Crippen MR) is 51.7 cm³/mol. The first-order valence-corrected chi connectivity index (χ1v) is 4.84. The van der Waals surface area contributed by atoms with Crippen LogP contribution in [-0.4, -0.2) is 18.4 Å². The molecule has 0 aromatic heterocycles. The molecule has 0 aliphatic rings. The molecule has 0 amide bonds. The molecule has 90 valence electrons. The van der Waals surface area contributed by atoms with Crippen LogP contribution >= 0.6 is 15.9 Å². The summed E-state index contributed by atoms with van der Waals surface area (Å²) in [4.78, 5) is 0. The summed E-state index contributed by atoms with van der Waals surface area (Å²) in [6.45, 7) is 0. The molecule has 1 aromatic rings. The second kappa shape index (κ2) is 4.58. The van der Waals surface area contributed by atoms with Crippen molar-refractivity contribution in [2.45, 2.75) is 12.3 Å².